The van der Waals surface area contributed by atoms with Crippen molar-refractivity contribution in [2.24, 2.45) is 4.99 Å². The molecule has 0 aliphatic rings. The van der Waals surface area contributed by atoms with E-state index in [0.29, 0.717) is 5.02 Å². The minimum absolute atomic E-state index is 0.683. The van der Waals surface area contributed by atoms with Crippen molar-refractivity contribution in [2.75, 3.05) is 0 Å². The van der Waals surface area contributed by atoms with Crippen LogP contribution in [-0.4, -0.2) is 20.0 Å². The first-order valence-corrected chi connectivity index (χ1v) is 9.92. The molecule has 27 heavy (non-hydrogen) atoms. The van der Waals surface area contributed by atoms with Crippen LogP contribution in [-0.2, 0) is 5.75 Å². The topological polar surface area (TPSA) is 43.1 Å². The first kappa shape index (κ1) is 19.4. The fourth-order valence-electron chi connectivity index (χ4n) is 2.74. The van der Waals surface area contributed by atoms with Crippen LogP contribution in [0.15, 0.2) is 71.4 Å². The first-order valence-electron chi connectivity index (χ1n) is 8.56. The molecule has 1 heterocycles. The van der Waals surface area contributed by atoms with Gasteiger partial charge >= 0.3 is 0 Å². The Labute approximate surface area is 168 Å². The third-order valence-electron chi connectivity index (χ3n) is 3.86. The Morgan fingerprint density at radius 1 is 1.19 bits per heavy atom. The number of aliphatic imine (C=N–C) groups is 1. The number of rotatable bonds is 5. The standard InChI is InChI=1S/C21H21ClN4S/c1-14(2)12-15(3)23-16(4)27-13-17-8-7-11-20(21(17)22)26-19-10-6-5-9-18(19)24-25-26/h5-12H,1,13H2,2-4H3/b15-12-,23-16+. The van der Waals surface area contributed by atoms with E-state index in [0.717, 1.165) is 44.4 Å². The second kappa shape index (κ2) is 8.55. The molecule has 2 aromatic carbocycles. The van der Waals surface area contributed by atoms with Crippen LogP contribution in [0, 0.1) is 0 Å². The van der Waals surface area contributed by atoms with Crippen LogP contribution in [0.2, 0.25) is 5.02 Å². The van der Waals surface area contributed by atoms with Gasteiger partial charge in [0.1, 0.15) is 5.52 Å². The number of hydrogen-bond donors (Lipinski definition) is 0. The Balaban J connectivity index is 1.84. The minimum atomic E-state index is 0.683. The Morgan fingerprint density at radius 3 is 2.74 bits per heavy atom. The van der Waals surface area contributed by atoms with E-state index in [2.05, 4.69) is 21.9 Å². The molecule has 0 saturated heterocycles. The number of fused-ring (bicyclic) bond motifs is 1. The van der Waals surface area contributed by atoms with Crippen LogP contribution in [0.4, 0.5) is 0 Å². The Morgan fingerprint density at radius 2 is 1.96 bits per heavy atom. The maximum atomic E-state index is 6.69. The number of para-hydroxylation sites is 1. The van der Waals surface area contributed by atoms with Crippen LogP contribution in [0.3, 0.4) is 0 Å². The molecule has 0 radical (unpaired) electrons. The van der Waals surface area contributed by atoms with E-state index in [-0.39, 0.29) is 0 Å². The second-order valence-electron chi connectivity index (χ2n) is 6.29. The molecule has 0 unspecified atom stereocenters. The van der Waals surface area contributed by atoms with E-state index < -0.39 is 0 Å². The minimum Gasteiger partial charge on any atom is -0.252 e. The lowest BCUT2D eigenvalue weighted by molar-refractivity contribution is 0.823. The van der Waals surface area contributed by atoms with Crippen LogP contribution in [0.25, 0.3) is 16.7 Å². The van der Waals surface area contributed by atoms with Crippen molar-refractivity contribution in [3.8, 4) is 5.69 Å². The van der Waals surface area contributed by atoms with Crippen LogP contribution < -0.4 is 0 Å². The average Bonchev–Trinajstić information content (AvgIpc) is 3.04. The van der Waals surface area contributed by atoms with Crippen molar-refractivity contribution < 1.29 is 0 Å². The number of allylic oxidation sites excluding steroid dienone is 3. The van der Waals surface area contributed by atoms with Crippen LogP contribution in [0.5, 0.6) is 0 Å². The molecule has 138 valence electrons. The third-order valence-corrected chi connectivity index (χ3v) is 5.26. The summed E-state index contributed by atoms with van der Waals surface area (Å²) in [4.78, 5) is 4.58. The van der Waals surface area contributed by atoms with Crippen molar-refractivity contribution in [2.45, 2.75) is 26.5 Å². The molecule has 1 aromatic heterocycles. The van der Waals surface area contributed by atoms with Crippen molar-refractivity contribution in [1.29, 1.82) is 0 Å². The van der Waals surface area contributed by atoms with Crippen LogP contribution in [0.1, 0.15) is 26.3 Å². The molecule has 3 aromatic rings. The first-order chi connectivity index (χ1) is 13.0. The maximum absolute atomic E-state index is 6.69. The monoisotopic (exact) mass is 396 g/mol. The van der Waals surface area contributed by atoms with Crippen molar-refractivity contribution >= 4 is 39.4 Å². The van der Waals surface area contributed by atoms with Gasteiger partial charge in [-0.25, -0.2) is 4.68 Å². The zero-order chi connectivity index (χ0) is 19.4. The summed E-state index contributed by atoms with van der Waals surface area (Å²) < 4.78 is 1.78. The quantitative estimate of drug-likeness (QED) is 0.292. The molecule has 0 fully saturated rings. The lowest BCUT2D eigenvalue weighted by atomic mass is 10.2. The SMILES string of the molecule is C=C(C)/C=C(C)\N=C(/C)SCc1cccc(-n2nnc3ccccc32)c1Cl. The van der Waals surface area contributed by atoms with E-state index in [1.54, 1.807) is 16.4 Å². The molecule has 4 nitrogen and oxygen atoms in total. The highest BCUT2D eigenvalue weighted by Crippen LogP contribution is 2.29. The Bertz CT molecular complexity index is 1050. The maximum Gasteiger partial charge on any atom is 0.113 e. The fraction of sp³-hybridized carbons (Fsp3) is 0.190. The summed E-state index contributed by atoms with van der Waals surface area (Å²) in [5.41, 5.74) is 5.58. The summed E-state index contributed by atoms with van der Waals surface area (Å²) in [6.45, 7) is 9.82. The average molecular weight is 397 g/mol. The highest BCUT2D eigenvalue weighted by molar-refractivity contribution is 8.13. The van der Waals surface area contributed by atoms with Gasteiger partial charge in [-0.05, 0) is 50.6 Å². The van der Waals surface area contributed by atoms with Gasteiger partial charge < -0.3 is 0 Å². The van der Waals surface area contributed by atoms with E-state index in [1.165, 1.54) is 0 Å². The molecule has 6 heteroatoms. The molecule has 0 saturated carbocycles. The van der Waals surface area contributed by atoms with E-state index in [1.807, 2.05) is 69.3 Å². The summed E-state index contributed by atoms with van der Waals surface area (Å²) in [7, 11) is 0. The van der Waals surface area contributed by atoms with Crippen LogP contribution >= 0.6 is 23.4 Å². The molecule has 0 atom stereocenters. The second-order valence-corrected chi connectivity index (χ2v) is 7.84. The molecule has 3 rings (SSSR count). The third kappa shape index (κ3) is 4.67. The lowest BCUT2D eigenvalue weighted by Crippen LogP contribution is -2.00. The highest BCUT2D eigenvalue weighted by atomic mass is 35.5. The number of thioether (sulfide) groups is 1. The predicted octanol–water partition coefficient (Wildman–Crippen LogP) is 6.21. The van der Waals surface area contributed by atoms with Crippen molar-refractivity contribution in [1.82, 2.24) is 15.0 Å². The van der Waals surface area contributed by atoms with E-state index in [4.69, 9.17) is 11.6 Å². The van der Waals surface area contributed by atoms with Gasteiger partial charge in [0, 0.05) is 11.4 Å². The molecule has 0 amide bonds. The van der Waals surface area contributed by atoms with Gasteiger partial charge in [0.05, 0.1) is 21.3 Å². The fourth-order valence-corrected chi connectivity index (χ4v) is 3.91. The summed E-state index contributed by atoms with van der Waals surface area (Å²) in [5, 5.41) is 10.1. The molecule has 0 aliphatic carbocycles. The molecule has 0 aliphatic heterocycles. The van der Waals surface area contributed by atoms with Crippen molar-refractivity contribution in [3.05, 3.63) is 77.0 Å². The zero-order valence-electron chi connectivity index (χ0n) is 15.6. The summed E-state index contributed by atoms with van der Waals surface area (Å²) in [5.74, 6) is 0.731. The van der Waals surface area contributed by atoms with Gasteiger partial charge in [0.25, 0.3) is 0 Å². The number of benzene rings is 2. The van der Waals surface area contributed by atoms with Gasteiger partial charge in [0.15, 0.2) is 0 Å². The summed E-state index contributed by atoms with van der Waals surface area (Å²) in [6.07, 6.45) is 1.97. The number of halogens is 1. The highest BCUT2D eigenvalue weighted by Gasteiger charge is 2.12. The van der Waals surface area contributed by atoms with E-state index in [9.17, 15) is 0 Å². The predicted molar refractivity (Wildman–Crippen MR) is 117 cm³/mol. The Kier molecular flexibility index (Phi) is 6.14. The lowest BCUT2D eigenvalue weighted by Gasteiger charge is -2.10. The van der Waals surface area contributed by atoms with Gasteiger partial charge in [-0.2, -0.15) is 0 Å². The molecular formula is C21H21ClN4S. The number of aromatic nitrogens is 3. The normalized spacial score (nSPS) is 12.6. The smallest absolute Gasteiger partial charge is 0.113 e. The summed E-state index contributed by atoms with van der Waals surface area (Å²) >= 11 is 8.35. The molecular weight excluding hydrogens is 376 g/mol. The van der Waals surface area contributed by atoms with Gasteiger partial charge in [0.2, 0.25) is 0 Å². The molecule has 0 N–H and O–H groups in total. The number of hydrogen-bond acceptors (Lipinski definition) is 4. The van der Waals surface area contributed by atoms with E-state index >= 15 is 0 Å². The largest absolute Gasteiger partial charge is 0.252 e. The zero-order valence-corrected chi connectivity index (χ0v) is 17.2. The summed E-state index contributed by atoms with van der Waals surface area (Å²) in [6, 6.07) is 13.8. The molecule has 0 spiro atoms. The number of nitrogens with zero attached hydrogens (tertiary/aromatic N) is 4. The Hall–Kier alpha value is -2.37. The van der Waals surface area contributed by atoms with Crippen molar-refractivity contribution in [3.63, 3.8) is 0 Å². The van der Waals surface area contributed by atoms with Gasteiger partial charge in [-0.1, -0.05) is 53.2 Å². The molecule has 0 bridgehead atoms. The van der Waals surface area contributed by atoms with Gasteiger partial charge in [-0.3, -0.25) is 4.99 Å². The van der Waals surface area contributed by atoms with Gasteiger partial charge in [-0.15, -0.1) is 16.9 Å².